The molecule has 0 aromatic rings. The molecule has 0 rings (SSSR count). The maximum atomic E-state index is 9.82. The first-order valence-corrected chi connectivity index (χ1v) is 3.10. The fraction of sp³-hybridized carbons (Fsp3) is 0.571. The molecule has 0 aliphatic carbocycles. The van der Waals surface area contributed by atoms with Crippen molar-refractivity contribution in [2.75, 3.05) is 21.1 Å². The molecule has 1 amide bonds. The van der Waals surface area contributed by atoms with Crippen LogP contribution in [0.5, 0.6) is 0 Å². The number of hydrogen-bond donors (Lipinski definition) is 2. The molecular weight excluding hydrogens is 208 g/mol. The molecule has 0 bridgehead atoms. The van der Waals surface area contributed by atoms with Gasteiger partial charge in [0.05, 0.1) is 21.1 Å². The van der Waals surface area contributed by atoms with Gasteiger partial charge in [-0.3, -0.25) is 4.79 Å². The summed E-state index contributed by atoms with van der Waals surface area (Å²) in [5.41, 5.74) is 5.09. The average Bonchev–Trinajstić information content (AvgIpc) is 1.63. The minimum absolute atomic E-state index is 0. The number of carbonyl (C=O) groups excluding carboxylic acids is 1. The van der Waals surface area contributed by atoms with Crippen LogP contribution in [0.4, 0.5) is 0 Å². The number of quaternary nitrogens is 1. The van der Waals surface area contributed by atoms with E-state index in [4.69, 9.17) is 5.73 Å². The number of nitrogens with two attached hydrogens (primary N) is 1. The molecule has 0 radical (unpaired) electrons. The van der Waals surface area contributed by atoms with Crippen molar-refractivity contribution >= 4 is 5.91 Å². The zero-order chi connectivity index (χ0) is 8.73. The van der Waals surface area contributed by atoms with Crippen molar-refractivity contribution in [2.24, 2.45) is 5.73 Å². The zero-order valence-corrected chi connectivity index (χ0v) is 9.16. The van der Waals surface area contributed by atoms with E-state index in [1.165, 1.54) is 4.90 Å². The Balaban J connectivity index is -0.000000114. The lowest BCUT2D eigenvalue weighted by atomic mass is 10.3. The minimum Gasteiger partial charge on any atom is -1.00 e. The van der Waals surface area contributed by atoms with Gasteiger partial charge >= 0.3 is 0 Å². The molecule has 0 aromatic heterocycles. The van der Waals surface area contributed by atoms with Gasteiger partial charge in [-0.05, 0) is 6.92 Å². The third kappa shape index (κ3) is 42.4. The summed E-state index contributed by atoms with van der Waals surface area (Å²) in [6.07, 6.45) is 0. The van der Waals surface area contributed by atoms with Gasteiger partial charge in [0.15, 0.2) is 0 Å². The van der Waals surface area contributed by atoms with Gasteiger partial charge in [-0.1, -0.05) is 6.58 Å². The minimum atomic E-state index is -0.435. The molecule has 0 aliphatic rings. The van der Waals surface area contributed by atoms with Crippen LogP contribution in [-0.4, -0.2) is 27.1 Å². The van der Waals surface area contributed by atoms with Crippen molar-refractivity contribution in [2.45, 2.75) is 6.92 Å². The third-order valence-corrected chi connectivity index (χ3v) is 0.421. The molecule has 0 spiro atoms. The van der Waals surface area contributed by atoms with Crippen LogP contribution in [0.3, 0.4) is 0 Å². The molecule has 0 aromatic carbocycles. The predicted molar refractivity (Wildman–Crippen MR) is 42.7 cm³/mol. The Bertz CT molecular complexity index is 109. The van der Waals surface area contributed by atoms with E-state index in [1.54, 1.807) is 6.92 Å². The van der Waals surface area contributed by atoms with Gasteiger partial charge in [-0.25, -0.2) is 0 Å². The molecule has 0 atom stereocenters. The summed E-state index contributed by atoms with van der Waals surface area (Å²) >= 11 is 0. The van der Waals surface area contributed by atoms with E-state index in [9.17, 15) is 4.79 Å². The van der Waals surface area contributed by atoms with Crippen LogP contribution in [0.1, 0.15) is 6.92 Å². The maximum Gasteiger partial charge on any atom is 0.243 e. The van der Waals surface area contributed by atoms with Gasteiger partial charge in [0.1, 0.15) is 0 Å². The summed E-state index contributed by atoms with van der Waals surface area (Å²) in [6.45, 7) is 4.85. The lowest BCUT2D eigenvalue weighted by Gasteiger charge is -1.88. The highest BCUT2D eigenvalue weighted by Gasteiger charge is 1.86. The van der Waals surface area contributed by atoms with Crippen molar-refractivity contribution in [3.05, 3.63) is 12.2 Å². The van der Waals surface area contributed by atoms with E-state index in [0.717, 1.165) is 0 Å². The SMILES string of the molecule is C=C(C)C(N)=O.C[NH+](C)C.[Br-]. The van der Waals surface area contributed by atoms with Gasteiger partial charge < -0.3 is 27.6 Å². The first kappa shape index (κ1) is 16.9. The average molecular weight is 225 g/mol. The third-order valence-electron chi connectivity index (χ3n) is 0.421. The summed E-state index contributed by atoms with van der Waals surface area (Å²) in [5, 5.41) is 0. The zero-order valence-electron chi connectivity index (χ0n) is 7.57. The van der Waals surface area contributed by atoms with Crippen LogP contribution < -0.4 is 27.6 Å². The maximum absolute atomic E-state index is 9.82. The summed E-state index contributed by atoms with van der Waals surface area (Å²) < 4.78 is 0. The predicted octanol–water partition coefficient (Wildman–Crippen LogP) is -4.19. The quantitative estimate of drug-likeness (QED) is 0.437. The van der Waals surface area contributed by atoms with Crippen molar-refractivity contribution in [3.63, 3.8) is 0 Å². The topological polar surface area (TPSA) is 47.5 Å². The smallest absolute Gasteiger partial charge is 0.243 e. The highest BCUT2D eigenvalue weighted by Crippen LogP contribution is 1.78. The molecule has 0 saturated heterocycles. The molecule has 0 saturated carbocycles. The Hall–Kier alpha value is -0.350. The van der Waals surface area contributed by atoms with Gasteiger partial charge in [0, 0.05) is 5.57 Å². The van der Waals surface area contributed by atoms with E-state index in [2.05, 4.69) is 27.7 Å². The van der Waals surface area contributed by atoms with E-state index < -0.39 is 5.91 Å². The van der Waals surface area contributed by atoms with Gasteiger partial charge in [0.25, 0.3) is 0 Å². The molecule has 0 aliphatic heterocycles. The molecule has 11 heavy (non-hydrogen) atoms. The number of rotatable bonds is 1. The highest BCUT2D eigenvalue weighted by molar-refractivity contribution is 5.90. The van der Waals surface area contributed by atoms with E-state index in [0.29, 0.717) is 5.57 Å². The Morgan fingerprint density at radius 1 is 1.36 bits per heavy atom. The van der Waals surface area contributed by atoms with E-state index in [1.807, 2.05) is 0 Å². The first-order valence-electron chi connectivity index (χ1n) is 3.10. The van der Waals surface area contributed by atoms with Crippen molar-refractivity contribution < 1.29 is 26.7 Å². The van der Waals surface area contributed by atoms with Gasteiger partial charge in [0.2, 0.25) is 5.91 Å². The summed E-state index contributed by atoms with van der Waals surface area (Å²) in [4.78, 5) is 11.2. The van der Waals surface area contributed by atoms with E-state index in [-0.39, 0.29) is 17.0 Å². The van der Waals surface area contributed by atoms with Gasteiger partial charge in [-0.15, -0.1) is 0 Å². The normalized spacial score (nSPS) is 7.36. The molecule has 0 unspecified atom stereocenters. The van der Waals surface area contributed by atoms with Crippen LogP contribution in [0, 0.1) is 0 Å². The number of amides is 1. The second kappa shape index (κ2) is 9.65. The van der Waals surface area contributed by atoms with Crippen molar-refractivity contribution in [1.82, 2.24) is 0 Å². The Kier molecular flexibility index (Phi) is 14.9. The number of carbonyl (C=O) groups is 1. The fourth-order valence-electron chi connectivity index (χ4n) is 0. The van der Waals surface area contributed by atoms with Crippen molar-refractivity contribution in [3.8, 4) is 0 Å². The molecule has 3 nitrogen and oxygen atoms in total. The van der Waals surface area contributed by atoms with Crippen molar-refractivity contribution in [1.29, 1.82) is 0 Å². The number of hydrogen-bond acceptors (Lipinski definition) is 1. The molecular formula is C7H17BrN2O. The summed E-state index contributed by atoms with van der Waals surface area (Å²) in [7, 11) is 6.25. The second-order valence-corrected chi connectivity index (χ2v) is 2.64. The van der Waals surface area contributed by atoms with Gasteiger partial charge in [-0.2, -0.15) is 0 Å². The first-order chi connectivity index (χ1) is 4.37. The molecule has 0 fully saturated rings. The monoisotopic (exact) mass is 224 g/mol. The number of primary amides is 1. The van der Waals surface area contributed by atoms with Crippen LogP contribution >= 0.6 is 0 Å². The second-order valence-electron chi connectivity index (χ2n) is 2.64. The Morgan fingerprint density at radius 3 is 1.45 bits per heavy atom. The standard InChI is InChI=1S/C4H7NO.C3H9N.BrH/c1-3(2)4(5)6;1-4(2)3;/h1H2,2H3,(H2,5,6);1-3H3;1H. The Labute approximate surface area is 79.0 Å². The van der Waals surface area contributed by atoms with Crippen LogP contribution in [0.25, 0.3) is 0 Å². The molecule has 0 heterocycles. The number of halogens is 1. The lowest BCUT2D eigenvalue weighted by molar-refractivity contribution is -0.836. The number of nitrogens with one attached hydrogen (secondary N) is 1. The molecule has 4 heteroatoms. The highest BCUT2D eigenvalue weighted by atomic mass is 79.9. The molecule has 68 valence electrons. The summed E-state index contributed by atoms with van der Waals surface area (Å²) in [6, 6.07) is 0. The van der Waals surface area contributed by atoms with Crippen LogP contribution in [0.2, 0.25) is 0 Å². The van der Waals surface area contributed by atoms with Crippen LogP contribution in [0.15, 0.2) is 12.2 Å². The Morgan fingerprint density at radius 2 is 1.45 bits per heavy atom. The lowest BCUT2D eigenvalue weighted by Crippen LogP contribution is -3.02. The largest absolute Gasteiger partial charge is 1.00 e. The van der Waals surface area contributed by atoms with E-state index >= 15 is 0 Å². The fourth-order valence-corrected chi connectivity index (χ4v) is 0. The molecule has 3 N–H and O–H groups in total. The van der Waals surface area contributed by atoms with Crippen LogP contribution in [-0.2, 0) is 4.79 Å². The summed E-state index contributed by atoms with van der Waals surface area (Å²) in [5.74, 6) is -0.435.